The minimum absolute atomic E-state index is 0.773. The lowest BCUT2D eigenvalue weighted by Gasteiger charge is -2.15. The van der Waals surface area contributed by atoms with Crippen molar-refractivity contribution in [1.82, 2.24) is 20.1 Å². The molecule has 1 heterocycles. The fourth-order valence-electron chi connectivity index (χ4n) is 2.19. The SMILES string of the molecule is CCC(NCCCCn1cnnc1)C1CC1. The molecule has 4 nitrogen and oxygen atoms in total. The van der Waals surface area contributed by atoms with Gasteiger partial charge in [-0.25, -0.2) is 0 Å². The second-order valence-corrected chi connectivity index (χ2v) is 4.71. The first-order valence-corrected chi connectivity index (χ1v) is 6.46. The van der Waals surface area contributed by atoms with E-state index in [9.17, 15) is 0 Å². The predicted octanol–water partition coefficient (Wildman–Crippen LogP) is 1.84. The van der Waals surface area contributed by atoms with E-state index in [0.717, 1.165) is 25.0 Å². The summed E-state index contributed by atoms with van der Waals surface area (Å²) in [5, 5.41) is 11.3. The van der Waals surface area contributed by atoms with E-state index in [1.807, 2.05) is 4.57 Å². The van der Waals surface area contributed by atoms with E-state index < -0.39 is 0 Å². The van der Waals surface area contributed by atoms with Gasteiger partial charge in [-0.3, -0.25) is 0 Å². The van der Waals surface area contributed by atoms with Crippen molar-refractivity contribution in [2.75, 3.05) is 6.54 Å². The highest BCUT2D eigenvalue weighted by Gasteiger charge is 2.28. The third-order valence-electron chi connectivity index (χ3n) is 3.35. The van der Waals surface area contributed by atoms with Gasteiger partial charge in [-0.15, -0.1) is 10.2 Å². The Bertz CT molecular complexity index is 279. The van der Waals surface area contributed by atoms with Crippen LogP contribution in [0.15, 0.2) is 12.7 Å². The summed E-state index contributed by atoms with van der Waals surface area (Å²) in [6.07, 6.45) is 10.2. The number of rotatable bonds is 8. The maximum Gasteiger partial charge on any atom is 0.119 e. The summed E-state index contributed by atoms with van der Waals surface area (Å²) >= 11 is 0. The van der Waals surface area contributed by atoms with Crippen LogP contribution in [-0.4, -0.2) is 27.4 Å². The van der Waals surface area contributed by atoms with Crippen LogP contribution in [0, 0.1) is 5.92 Å². The molecule has 16 heavy (non-hydrogen) atoms. The first-order chi connectivity index (χ1) is 7.90. The van der Waals surface area contributed by atoms with Gasteiger partial charge in [-0.1, -0.05) is 6.92 Å². The average Bonchev–Trinajstić information content (AvgIpc) is 3.01. The molecule has 2 rings (SSSR count). The monoisotopic (exact) mass is 222 g/mol. The smallest absolute Gasteiger partial charge is 0.119 e. The molecule has 0 aliphatic heterocycles. The molecule has 1 fully saturated rings. The third kappa shape index (κ3) is 3.59. The van der Waals surface area contributed by atoms with Crippen LogP contribution in [0.3, 0.4) is 0 Å². The molecule has 0 amide bonds. The van der Waals surface area contributed by atoms with E-state index >= 15 is 0 Å². The Hall–Kier alpha value is -0.900. The van der Waals surface area contributed by atoms with E-state index in [1.165, 1.54) is 32.1 Å². The van der Waals surface area contributed by atoms with Crippen molar-refractivity contribution in [2.24, 2.45) is 5.92 Å². The first kappa shape index (κ1) is 11.6. The molecule has 1 aromatic rings. The quantitative estimate of drug-likeness (QED) is 0.682. The standard InChI is InChI=1S/C12H22N4/c1-2-12(11-5-6-11)13-7-3-4-8-16-9-14-15-10-16/h9-13H,2-8H2,1H3. The minimum atomic E-state index is 0.773. The van der Waals surface area contributed by atoms with Crippen LogP contribution in [0.25, 0.3) is 0 Å². The van der Waals surface area contributed by atoms with Crippen LogP contribution in [0.5, 0.6) is 0 Å². The largest absolute Gasteiger partial charge is 0.320 e. The molecule has 0 spiro atoms. The predicted molar refractivity (Wildman–Crippen MR) is 64.1 cm³/mol. The molecule has 1 aliphatic carbocycles. The Morgan fingerprint density at radius 2 is 2.06 bits per heavy atom. The molecule has 1 saturated carbocycles. The Morgan fingerprint density at radius 1 is 1.31 bits per heavy atom. The van der Waals surface area contributed by atoms with Crippen molar-refractivity contribution in [3.8, 4) is 0 Å². The highest BCUT2D eigenvalue weighted by Crippen LogP contribution is 2.33. The zero-order valence-electron chi connectivity index (χ0n) is 10.1. The molecule has 1 atom stereocenters. The molecule has 4 heteroatoms. The maximum absolute atomic E-state index is 3.79. The minimum Gasteiger partial charge on any atom is -0.320 e. The summed E-state index contributed by atoms with van der Waals surface area (Å²) in [4.78, 5) is 0. The van der Waals surface area contributed by atoms with Crippen molar-refractivity contribution in [3.63, 3.8) is 0 Å². The van der Waals surface area contributed by atoms with Crippen molar-refractivity contribution in [3.05, 3.63) is 12.7 Å². The van der Waals surface area contributed by atoms with Crippen molar-refractivity contribution >= 4 is 0 Å². The molecule has 0 aromatic carbocycles. The summed E-state index contributed by atoms with van der Waals surface area (Å²) < 4.78 is 2.04. The molecule has 0 bridgehead atoms. The first-order valence-electron chi connectivity index (χ1n) is 6.46. The van der Waals surface area contributed by atoms with E-state index in [4.69, 9.17) is 0 Å². The third-order valence-corrected chi connectivity index (χ3v) is 3.35. The molecule has 1 unspecified atom stereocenters. The van der Waals surface area contributed by atoms with Crippen LogP contribution in [-0.2, 0) is 6.54 Å². The van der Waals surface area contributed by atoms with Gasteiger partial charge < -0.3 is 9.88 Å². The van der Waals surface area contributed by atoms with Crippen LogP contribution in [0.2, 0.25) is 0 Å². The Balaban J connectivity index is 1.51. The van der Waals surface area contributed by atoms with E-state index in [-0.39, 0.29) is 0 Å². The lowest BCUT2D eigenvalue weighted by Crippen LogP contribution is -2.31. The topological polar surface area (TPSA) is 42.7 Å². The lowest BCUT2D eigenvalue weighted by atomic mass is 10.1. The van der Waals surface area contributed by atoms with Crippen LogP contribution >= 0.6 is 0 Å². The van der Waals surface area contributed by atoms with Crippen LogP contribution in [0.1, 0.15) is 39.0 Å². The van der Waals surface area contributed by atoms with Gasteiger partial charge in [0.1, 0.15) is 12.7 Å². The number of hydrogen-bond acceptors (Lipinski definition) is 3. The zero-order valence-corrected chi connectivity index (χ0v) is 10.1. The molecule has 1 aliphatic rings. The molecule has 0 radical (unpaired) electrons. The Morgan fingerprint density at radius 3 is 2.69 bits per heavy atom. The number of nitrogens with zero attached hydrogens (tertiary/aromatic N) is 3. The Kier molecular flexibility index (Phi) is 4.34. The number of nitrogens with one attached hydrogen (secondary N) is 1. The summed E-state index contributed by atoms with van der Waals surface area (Å²) in [7, 11) is 0. The molecule has 1 aromatic heterocycles. The maximum atomic E-state index is 3.79. The van der Waals surface area contributed by atoms with Gasteiger partial charge in [-0.05, 0) is 44.6 Å². The second kappa shape index (κ2) is 5.99. The Labute approximate surface area is 97.5 Å². The summed E-state index contributed by atoms with van der Waals surface area (Å²) in [5.74, 6) is 0.975. The molecule has 0 saturated heterocycles. The van der Waals surface area contributed by atoms with Gasteiger partial charge in [0.05, 0.1) is 0 Å². The van der Waals surface area contributed by atoms with Crippen LogP contribution < -0.4 is 5.32 Å². The number of aromatic nitrogens is 3. The summed E-state index contributed by atoms with van der Waals surface area (Å²) in [5.41, 5.74) is 0. The normalized spacial score (nSPS) is 17.6. The van der Waals surface area contributed by atoms with Gasteiger partial charge in [-0.2, -0.15) is 0 Å². The molecular formula is C12H22N4. The van der Waals surface area contributed by atoms with Gasteiger partial charge in [0.15, 0.2) is 0 Å². The molecule has 1 N–H and O–H groups in total. The van der Waals surface area contributed by atoms with Crippen LogP contribution in [0.4, 0.5) is 0 Å². The fraction of sp³-hybridized carbons (Fsp3) is 0.833. The second-order valence-electron chi connectivity index (χ2n) is 4.71. The number of aryl methyl sites for hydroxylation is 1. The van der Waals surface area contributed by atoms with E-state index in [2.05, 4.69) is 22.4 Å². The number of unbranched alkanes of at least 4 members (excludes halogenated alkanes) is 1. The fourth-order valence-corrected chi connectivity index (χ4v) is 2.19. The van der Waals surface area contributed by atoms with Gasteiger partial charge in [0.25, 0.3) is 0 Å². The van der Waals surface area contributed by atoms with E-state index in [1.54, 1.807) is 12.7 Å². The lowest BCUT2D eigenvalue weighted by molar-refractivity contribution is 0.437. The highest BCUT2D eigenvalue weighted by molar-refractivity contribution is 4.85. The van der Waals surface area contributed by atoms with Crippen molar-refractivity contribution in [2.45, 2.75) is 51.6 Å². The van der Waals surface area contributed by atoms with Gasteiger partial charge >= 0.3 is 0 Å². The zero-order chi connectivity index (χ0) is 11.2. The van der Waals surface area contributed by atoms with Crippen molar-refractivity contribution < 1.29 is 0 Å². The van der Waals surface area contributed by atoms with Gasteiger partial charge in [0, 0.05) is 12.6 Å². The molecule has 90 valence electrons. The molecular weight excluding hydrogens is 200 g/mol. The van der Waals surface area contributed by atoms with Crippen molar-refractivity contribution in [1.29, 1.82) is 0 Å². The highest BCUT2D eigenvalue weighted by atomic mass is 15.2. The average molecular weight is 222 g/mol. The summed E-state index contributed by atoms with van der Waals surface area (Å²) in [6.45, 7) is 4.47. The summed E-state index contributed by atoms with van der Waals surface area (Å²) in [6, 6.07) is 0.773. The van der Waals surface area contributed by atoms with E-state index in [0.29, 0.717) is 0 Å². The number of hydrogen-bond donors (Lipinski definition) is 1. The van der Waals surface area contributed by atoms with Gasteiger partial charge in [0.2, 0.25) is 0 Å².